The highest BCUT2D eigenvalue weighted by Crippen LogP contribution is 2.18. The predicted octanol–water partition coefficient (Wildman–Crippen LogP) is 2.08. The Kier molecular flexibility index (Phi) is 6.20. The van der Waals surface area contributed by atoms with Crippen molar-refractivity contribution >= 4 is 0 Å². The van der Waals surface area contributed by atoms with E-state index in [1.165, 1.54) is 0 Å². The fourth-order valence-corrected chi connectivity index (χ4v) is 1.54. The van der Waals surface area contributed by atoms with E-state index in [1.807, 2.05) is 26.0 Å². The number of ether oxygens (including phenoxy) is 2. The molecular weight excluding hydrogens is 228 g/mol. The first-order chi connectivity index (χ1) is 8.67. The van der Waals surface area contributed by atoms with Crippen molar-refractivity contribution < 1.29 is 9.47 Å². The van der Waals surface area contributed by atoms with Crippen LogP contribution >= 0.6 is 0 Å². The summed E-state index contributed by atoms with van der Waals surface area (Å²) in [6.07, 6.45) is 0.266. The third kappa shape index (κ3) is 4.74. The zero-order valence-corrected chi connectivity index (χ0v) is 11.2. The molecule has 0 spiro atoms. The van der Waals surface area contributed by atoms with Crippen LogP contribution in [0.25, 0.3) is 0 Å². The Morgan fingerprint density at radius 2 is 2.17 bits per heavy atom. The van der Waals surface area contributed by atoms with E-state index in [0.29, 0.717) is 17.9 Å². The number of nitrogens with zero attached hydrogens (tertiary/aromatic N) is 1. The molecule has 0 heterocycles. The van der Waals surface area contributed by atoms with Gasteiger partial charge in [-0.05, 0) is 31.5 Å². The smallest absolute Gasteiger partial charge is 0.136 e. The summed E-state index contributed by atoms with van der Waals surface area (Å²) in [6, 6.07) is 7.69. The molecule has 0 unspecified atom stereocenters. The van der Waals surface area contributed by atoms with E-state index in [0.717, 1.165) is 18.7 Å². The summed E-state index contributed by atoms with van der Waals surface area (Å²) in [7, 11) is 1.57. The van der Waals surface area contributed by atoms with Gasteiger partial charge in [-0.1, -0.05) is 6.07 Å². The number of hydrogen-bond acceptors (Lipinski definition) is 4. The molecule has 1 rings (SSSR count). The minimum Gasteiger partial charge on any atom is -0.495 e. The lowest BCUT2D eigenvalue weighted by atomic mass is 10.1. The Balaban J connectivity index is 2.41. The molecule has 0 radical (unpaired) electrons. The first-order valence-corrected chi connectivity index (χ1v) is 6.06. The van der Waals surface area contributed by atoms with Crippen LogP contribution < -0.4 is 10.1 Å². The Labute approximate surface area is 109 Å². The highest BCUT2D eigenvalue weighted by atomic mass is 16.5. The lowest BCUT2D eigenvalue weighted by molar-refractivity contribution is 0.0807. The van der Waals surface area contributed by atoms with Gasteiger partial charge < -0.3 is 14.8 Å². The summed E-state index contributed by atoms with van der Waals surface area (Å²) >= 11 is 0. The molecule has 0 bridgehead atoms. The number of rotatable bonds is 7. The van der Waals surface area contributed by atoms with E-state index in [9.17, 15) is 0 Å². The van der Waals surface area contributed by atoms with Gasteiger partial charge in [0.15, 0.2) is 0 Å². The van der Waals surface area contributed by atoms with E-state index in [2.05, 4.69) is 11.4 Å². The van der Waals surface area contributed by atoms with Gasteiger partial charge in [0.1, 0.15) is 11.8 Å². The van der Waals surface area contributed by atoms with E-state index in [-0.39, 0.29) is 6.10 Å². The molecule has 0 aliphatic rings. The molecule has 0 saturated heterocycles. The van der Waals surface area contributed by atoms with Crippen LogP contribution in [-0.2, 0) is 11.3 Å². The minimum absolute atomic E-state index is 0.266. The van der Waals surface area contributed by atoms with Crippen LogP contribution in [0.4, 0.5) is 0 Å². The monoisotopic (exact) mass is 248 g/mol. The standard InChI is InChI=1S/C14H20N2O2/c1-11(2)18-7-6-16-10-12-4-5-13(9-15)14(8-12)17-3/h4-5,8,11,16H,6-7,10H2,1-3H3. The van der Waals surface area contributed by atoms with Crippen molar-refractivity contribution in [2.24, 2.45) is 0 Å². The molecule has 4 heteroatoms. The van der Waals surface area contributed by atoms with Crippen LogP contribution in [-0.4, -0.2) is 26.4 Å². The van der Waals surface area contributed by atoms with Crippen LogP contribution in [0.3, 0.4) is 0 Å². The van der Waals surface area contributed by atoms with E-state index in [1.54, 1.807) is 13.2 Å². The van der Waals surface area contributed by atoms with E-state index < -0.39 is 0 Å². The second-order valence-electron chi connectivity index (χ2n) is 4.24. The third-order valence-corrected chi connectivity index (χ3v) is 2.45. The predicted molar refractivity (Wildman–Crippen MR) is 70.5 cm³/mol. The van der Waals surface area contributed by atoms with Crippen molar-refractivity contribution in [3.05, 3.63) is 29.3 Å². The van der Waals surface area contributed by atoms with Crippen molar-refractivity contribution in [1.29, 1.82) is 5.26 Å². The first kappa shape index (κ1) is 14.5. The van der Waals surface area contributed by atoms with Crippen molar-refractivity contribution in [3.8, 4) is 11.8 Å². The number of hydrogen-bond donors (Lipinski definition) is 1. The molecule has 0 atom stereocenters. The fraction of sp³-hybridized carbons (Fsp3) is 0.500. The normalized spacial score (nSPS) is 10.4. The first-order valence-electron chi connectivity index (χ1n) is 6.06. The van der Waals surface area contributed by atoms with Crippen LogP contribution in [0.5, 0.6) is 5.75 Å². The van der Waals surface area contributed by atoms with Crippen molar-refractivity contribution in [2.75, 3.05) is 20.3 Å². The summed E-state index contributed by atoms with van der Waals surface area (Å²) in [6.45, 7) is 6.28. The van der Waals surface area contributed by atoms with Gasteiger partial charge in [-0.2, -0.15) is 5.26 Å². The van der Waals surface area contributed by atoms with Crippen molar-refractivity contribution in [2.45, 2.75) is 26.5 Å². The van der Waals surface area contributed by atoms with Crippen LogP contribution in [0, 0.1) is 11.3 Å². The van der Waals surface area contributed by atoms with Gasteiger partial charge in [0.2, 0.25) is 0 Å². The second-order valence-corrected chi connectivity index (χ2v) is 4.24. The zero-order chi connectivity index (χ0) is 13.4. The Morgan fingerprint density at radius 1 is 1.39 bits per heavy atom. The minimum atomic E-state index is 0.266. The van der Waals surface area contributed by atoms with Crippen LogP contribution in [0.2, 0.25) is 0 Å². The summed E-state index contributed by atoms with van der Waals surface area (Å²) in [5.74, 6) is 0.621. The van der Waals surface area contributed by atoms with Crippen LogP contribution in [0.1, 0.15) is 25.0 Å². The molecule has 1 N–H and O–H groups in total. The summed E-state index contributed by atoms with van der Waals surface area (Å²) in [5.41, 5.74) is 1.65. The lowest BCUT2D eigenvalue weighted by Gasteiger charge is -2.09. The molecule has 0 aliphatic heterocycles. The molecule has 0 aromatic heterocycles. The average molecular weight is 248 g/mol. The van der Waals surface area contributed by atoms with Gasteiger partial charge in [0, 0.05) is 13.1 Å². The van der Waals surface area contributed by atoms with Gasteiger partial charge in [-0.15, -0.1) is 0 Å². The van der Waals surface area contributed by atoms with Crippen molar-refractivity contribution in [3.63, 3.8) is 0 Å². The van der Waals surface area contributed by atoms with E-state index >= 15 is 0 Å². The Morgan fingerprint density at radius 3 is 2.78 bits per heavy atom. The van der Waals surface area contributed by atoms with Gasteiger partial charge in [-0.3, -0.25) is 0 Å². The zero-order valence-electron chi connectivity index (χ0n) is 11.2. The molecule has 0 aliphatic carbocycles. The molecular formula is C14H20N2O2. The summed E-state index contributed by atoms with van der Waals surface area (Å²) in [4.78, 5) is 0. The average Bonchev–Trinajstić information content (AvgIpc) is 2.37. The molecule has 1 aromatic rings. The Hall–Kier alpha value is -1.57. The highest BCUT2D eigenvalue weighted by Gasteiger charge is 2.03. The largest absolute Gasteiger partial charge is 0.495 e. The summed E-state index contributed by atoms with van der Waals surface area (Å²) < 4.78 is 10.6. The topological polar surface area (TPSA) is 54.3 Å². The lowest BCUT2D eigenvalue weighted by Crippen LogP contribution is -2.20. The van der Waals surface area contributed by atoms with Gasteiger partial charge in [0.05, 0.1) is 25.4 Å². The molecule has 0 saturated carbocycles. The molecule has 98 valence electrons. The maximum atomic E-state index is 8.88. The molecule has 0 amide bonds. The third-order valence-electron chi connectivity index (χ3n) is 2.45. The number of benzene rings is 1. The molecule has 4 nitrogen and oxygen atoms in total. The SMILES string of the molecule is COc1cc(CNCCOC(C)C)ccc1C#N. The summed E-state index contributed by atoms with van der Waals surface area (Å²) in [5, 5.41) is 12.2. The maximum absolute atomic E-state index is 8.88. The van der Waals surface area contributed by atoms with Gasteiger partial charge >= 0.3 is 0 Å². The second kappa shape index (κ2) is 7.70. The molecule has 1 aromatic carbocycles. The van der Waals surface area contributed by atoms with E-state index in [4.69, 9.17) is 14.7 Å². The van der Waals surface area contributed by atoms with Gasteiger partial charge in [-0.25, -0.2) is 0 Å². The Bertz CT molecular complexity index is 411. The number of nitriles is 1. The molecule has 18 heavy (non-hydrogen) atoms. The number of methoxy groups -OCH3 is 1. The highest BCUT2D eigenvalue weighted by molar-refractivity contribution is 5.45. The fourth-order valence-electron chi connectivity index (χ4n) is 1.54. The van der Waals surface area contributed by atoms with Gasteiger partial charge in [0.25, 0.3) is 0 Å². The van der Waals surface area contributed by atoms with Crippen molar-refractivity contribution in [1.82, 2.24) is 5.32 Å². The maximum Gasteiger partial charge on any atom is 0.136 e. The van der Waals surface area contributed by atoms with Crippen LogP contribution in [0.15, 0.2) is 18.2 Å². The quantitative estimate of drug-likeness (QED) is 0.751. The molecule has 0 fully saturated rings. The number of nitrogens with one attached hydrogen (secondary N) is 1.